The summed E-state index contributed by atoms with van der Waals surface area (Å²) >= 11 is 0. The van der Waals surface area contributed by atoms with Gasteiger partial charge in [-0.1, -0.05) is 311 Å². The van der Waals surface area contributed by atoms with E-state index in [4.69, 9.17) is 14.2 Å². The Balaban J connectivity index is 4.22. The average molecular weight is 962 g/mol. The molecule has 0 aromatic carbocycles. The Morgan fingerprint density at radius 3 is 0.721 bits per heavy atom. The largest absolute Gasteiger partial charge is 0.462 e. The Bertz CT molecular complexity index is 1040. The fourth-order valence-electron chi connectivity index (χ4n) is 9.58. The van der Waals surface area contributed by atoms with Crippen LogP contribution in [0.25, 0.3) is 0 Å². The van der Waals surface area contributed by atoms with E-state index in [0.29, 0.717) is 19.3 Å². The molecule has 0 bridgehead atoms. The number of esters is 3. The van der Waals surface area contributed by atoms with Crippen molar-refractivity contribution >= 4 is 17.9 Å². The van der Waals surface area contributed by atoms with Gasteiger partial charge in [-0.25, -0.2) is 0 Å². The first-order valence-electron chi connectivity index (χ1n) is 30.7. The molecule has 0 rings (SSSR count). The van der Waals surface area contributed by atoms with E-state index in [-0.39, 0.29) is 31.1 Å². The molecule has 0 spiro atoms. The van der Waals surface area contributed by atoms with Crippen molar-refractivity contribution in [1.82, 2.24) is 0 Å². The summed E-state index contributed by atoms with van der Waals surface area (Å²) in [6.07, 6.45) is 59.6. The molecule has 0 heterocycles. The summed E-state index contributed by atoms with van der Waals surface area (Å²) in [5.74, 6) is 0.872. The van der Waals surface area contributed by atoms with Crippen molar-refractivity contribution in [2.75, 3.05) is 13.2 Å². The molecule has 68 heavy (non-hydrogen) atoms. The predicted molar refractivity (Wildman–Crippen MR) is 293 cm³/mol. The highest BCUT2D eigenvalue weighted by Crippen LogP contribution is 2.19. The molecule has 0 fully saturated rings. The van der Waals surface area contributed by atoms with Crippen LogP contribution in [0.4, 0.5) is 0 Å². The third-order valence-corrected chi connectivity index (χ3v) is 14.2. The van der Waals surface area contributed by atoms with Crippen LogP contribution in [0.2, 0.25) is 0 Å². The molecule has 0 aromatic heterocycles. The lowest BCUT2D eigenvalue weighted by Crippen LogP contribution is -2.30. The number of ether oxygens (including phenoxy) is 3. The number of hydrogen-bond acceptors (Lipinski definition) is 6. The maximum atomic E-state index is 12.9. The molecular weight excluding hydrogens is 841 g/mol. The van der Waals surface area contributed by atoms with Gasteiger partial charge in [-0.05, 0) is 31.1 Å². The van der Waals surface area contributed by atoms with Gasteiger partial charge >= 0.3 is 17.9 Å². The first-order chi connectivity index (χ1) is 33.2. The summed E-state index contributed by atoms with van der Waals surface area (Å²) in [7, 11) is 0. The molecule has 0 radical (unpaired) electrons. The van der Waals surface area contributed by atoms with Gasteiger partial charge in [0, 0.05) is 19.3 Å². The van der Waals surface area contributed by atoms with Crippen molar-refractivity contribution in [1.29, 1.82) is 0 Å². The second-order valence-electron chi connectivity index (χ2n) is 22.3. The molecule has 0 amide bonds. The molecule has 0 saturated carbocycles. The minimum Gasteiger partial charge on any atom is -0.462 e. The van der Waals surface area contributed by atoms with Gasteiger partial charge in [-0.15, -0.1) is 0 Å². The predicted octanol–water partition coefficient (Wildman–Crippen LogP) is 20.4. The first kappa shape index (κ1) is 66.4. The summed E-state index contributed by atoms with van der Waals surface area (Å²) < 4.78 is 16.9. The van der Waals surface area contributed by atoms with Crippen molar-refractivity contribution in [2.45, 2.75) is 355 Å². The van der Waals surface area contributed by atoms with E-state index >= 15 is 0 Å². The third kappa shape index (κ3) is 55.3. The summed E-state index contributed by atoms with van der Waals surface area (Å²) in [5.41, 5.74) is 0. The molecule has 0 saturated heterocycles. The van der Waals surface area contributed by atoms with Gasteiger partial charge in [-0.3, -0.25) is 14.4 Å². The Morgan fingerprint density at radius 2 is 0.485 bits per heavy atom. The van der Waals surface area contributed by atoms with E-state index in [1.807, 2.05) is 0 Å². The van der Waals surface area contributed by atoms with Crippen LogP contribution in [-0.4, -0.2) is 37.2 Å². The van der Waals surface area contributed by atoms with E-state index in [2.05, 4.69) is 34.6 Å². The Kier molecular flexibility index (Phi) is 53.5. The van der Waals surface area contributed by atoms with Crippen LogP contribution in [0, 0.1) is 11.8 Å². The average Bonchev–Trinajstić information content (AvgIpc) is 3.31. The molecule has 6 heteroatoms. The lowest BCUT2D eigenvalue weighted by molar-refractivity contribution is -0.167. The highest BCUT2D eigenvalue weighted by Gasteiger charge is 2.19. The van der Waals surface area contributed by atoms with Crippen LogP contribution < -0.4 is 0 Å². The van der Waals surface area contributed by atoms with Crippen molar-refractivity contribution < 1.29 is 28.6 Å². The zero-order valence-electron chi connectivity index (χ0n) is 46.7. The normalized spacial score (nSPS) is 12.0. The lowest BCUT2D eigenvalue weighted by Gasteiger charge is -2.18. The summed E-state index contributed by atoms with van der Waals surface area (Å²) in [4.78, 5) is 38.2. The van der Waals surface area contributed by atoms with Crippen LogP contribution in [0.15, 0.2) is 0 Å². The molecular formula is C62H120O6. The monoisotopic (exact) mass is 961 g/mol. The number of carbonyl (C=O) groups excluding carboxylic acids is 3. The second-order valence-corrected chi connectivity index (χ2v) is 22.3. The molecule has 1 atom stereocenters. The van der Waals surface area contributed by atoms with Gasteiger partial charge in [0.25, 0.3) is 0 Å². The summed E-state index contributed by atoms with van der Waals surface area (Å²) in [5, 5.41) is 0. The standard InChI is InChI=1S/C62H120O6/c1-6-7-8-9-10-11-25-32-37-42-47-52-60(63)66-55-59(68-62(65)54-49-44-39-34-29-24-20-16-18-22-27-31-36-41-46-51-58(4)5)56-67-61(64)53-48-43-38-33-28-23-19-15-13-12-14-17-21-26-30-35-40-45-50-57(2)3/h57-59H,6-56H2,1-5H3/t59-/m1/s1. The van der Waals surface area contributed by atoms with E-state index < -0.39 is 6.10 Å². The van der Waals surface area contributed by atoms with Crippen molar-refractivity contribution in [2.24, 2.45) is 11.8 Å². The van der Waals surface area contributed by atoms with Crippen LogP contribution in [0.3, 0.4) is 0 Å². The fraction of sp³-hybridized carbons (Fsp3) is 0.952. The van der Waals surface area contributed by atoms with Gasteiger partial charge in [-0.2, -0.15) is 0 Å². The minimum atomic E-state index is -0.762. The van der Waals surface area contributed by atoms with Crippen LogP contribution >= 0.6 is 0 Å². The summed E-state index contributed by atoms with van der Waals surface area (Å²) in [6, 6.07) is 0. The molecule has 0 aliphatic heterocycles. The number of hydrogen-bond donors (Lipinski definition) is 0. The topological polar surface area (TPSA) is 78.9 Å². The van der Waals surface area contributed by atoms with E-state index in [0.717, 1.165) is 69.6 Å². The second kappa shape index (κ2) is 54.7. The SMILES string of the molecule is CCCCCCCCCCCCCC(=O)OC[C@H](COC(=O)CCCCCCCCCCCCCCCCCCCCC(C)C)OC(=O)CCCCCCCCCCCCCCCCCC(C)C. The quantitative estimate of drug-likeness (QED) is 0.0343. The Labute approximate surface area is 425 Å². The zero-order valence-corrected chi connectivity index (χ0v) is 46.7. The highest BCUT2D eigenvalue weighted by molar-refractivity contribution is 5.71. The first-order valence-corrected chi connectivity index (χ1v) is 30.7. The van der Waals surface area contributed by atoms with Crippen molar-refractivity contribution in [3.63, 3.8) is 0 Å². The number of unbranched alkanes of at least 4 members (excludes halogenated alkanes) is 41. The van der Waals surface area contributed by atoms with Gasteiger partial charge in [0.1, 0.15) is 13.2 Å². The van der Waals surface area contributed by atoms with Crippen molar-refractivity contribution in [3.05, 3.63) is 0 Å². The number of carbonyl (C=O) groups is 3. The molecule has 0 aromatic rings. The Morgan fingerprint density at radius 1 is 0.279 bits per heavy atom. The fourth-order valence-corrected chi connectivity index (χ4v) is 9.58. The Hall–Kier alpha value is -1.59. The maximum absolute atomic E-state index is 12.9. The highest BCUT2D eigenvalue weighted by atomic mass is 16.6. The van der Waals surface area contributed by atoms with Gasteiger partial charge in [0.2, 0.25) is 0 Å². The summed E-state index contributed by atoms with van der Waals surface area (Å²) in [6.45, 7) is 11.4. The maximum Gasteiger partial charge on any atom is 0.306 e. The van der Waals surface area contributed by atoms with Gasteiger partial charge in [0.05, 0.1) is 0 Å². The molecule has 6 nitrogen and oxygen atoms in total. The van der Waals surface area contributed by atoms with Gasteiger partial charge < -0.3 is 14.2 Å². The van der Waals surface area contributed by atoms with Crippen LogP contribution in [-0.2, 0) is 28.6 Å². The van der Waals surface area contributed by atoms with Crippen LogP contribution in [0.1, 0.15) is 349 Å². The van der Waals surface area contributed by atoms with E-state index in [9.17, 15) is 14.4 Å². The molecule has 0 aliphatic carbocycles. The minimum absolute atomic E-state index is 0.0621. The van der Waals surface area contributed by atoms with E-state index in [1.54, 1.807) is 0 Å². The third-order valence-electron chi connectivity index (χ3n) is 14.2. The molecule has 0 aliphatic rings. The smallest absolute Gasteiger partial charge is 0.306 e. The number of rotatable bonds is 56. The molecule has 0 N–H and O–H groups in total. The molecule has 404 valence electrons. The molecule has 0 unspecified atom stereocenters. The lowest BCUT2D eigenvalue weighted by atomic mass is 10.0. The zero-order chi connectivity index (χ0) is 49.6. The van der Waals surface area contributed by atoms with Crippen LogP contribution in [0.5, 0.6) is 0 Å². The van der Waals surface area contributed by atoms with E-state index in [1.165, 1.54) is 238 Å². The van der Waals surface area contributed by atoms with Crippen molar-refractivity contribution in [3.8, 4) is 0 Å². The van der Waals surface area contributed by atoms with Gasteiger partial charge in [0.15, 0.2) is 6.10 Å².